The third-order valence-electron chi connectivity index (χ3n) is 1.94. The van der Waals surface area contributed by atoms with Crippen molar-refractivity contribution in [2.24, 2.45) is 0 Å². The molecule has 0 saturated heterocycles. The Balaban J connectivity index is 3.28. The second-order valence-corrected chi connectivity index (χ2v) is 3.34. The first-order valence-electron chi connectivity index (χ1n) is 4.09. The molecule has 0 bridgehead atoms. The maximum Gasteiger partial charge on any atom is 0.377 e. The summed E-state index contributed by atoms with van der Waals surface area (Å²) in [6.45, 7) is 1.62. The zero-order chi connectivity index (χ0) is 11.6. The Bertz CT molecular complexity index is 426. The lowest BCUT2D eigenvalue weighted by atomic mass is 10.0. The summed E-state index contributed by atoms with van der Waals surface area (Å²) in [4.78, 5) is 21.7. The van der Waals surface area contributed by atoms with Gasteiger partial charge in [-0.15, -0.1) is 0 Å². The number of carboxylic acid groups (broad SMARTS) is 1. The minimum Gasteiger partial charge on any atom is -0.495 e. The van der Waals surface area contributed by atoms with E-state index in [0.29, 0.717) is 11.3 Å². The number of ether oxygens (including phenoxy) is 1. The molecule has 0 aromatic heterocycles. The molecule has 1 rings (SSSR count). The fourth-order valence-corrected chi connectivity index (χ4v) is 1.41. The van der Waals surface area contributed by atoms with Crippen molar-refractivity contribution in [1.29, 1.82) is 0 Å². The smallest absolute Gasteiger partial charge is 0.377 e. The molecule has 1 N–H and O–H groups in total. The maximum absolute atomic E-state index is 11.2. The number of hydrogen-bond donors (Lipinski definition) is 1. The molecule has 15 heavy (non-hydrogen) atoms. The van der Waals surface area contributed by atoms with Crippen molar-refractivity contribution in [3.63, 3.8) is 0 Å². The molecule has 0 fully saturated rings. The van der Waals surface area contributed by atoms with Gasteiger partial charge in [0.15, 0.2) is 0 Å². The van der Waals surface area contributed by atoms with E-state index in [1.165, 1.54) is 19.2 Å². The van der Waals surface area contributed by atoms with Crippen LogP contribution < -0.4 is 4.74 Å². The van der Waals surface area contributed by atoms with Crippen LogP contribution in [0.3, 0.4) is 0 Å². The van der Waals surface area contributed by atoms with Gasteiger partial charge in [-0.2, -0.15) is 0 Å². The van der Waals surface area contributed by atoms with Gasteiger partial charge in [0, 0.05) is 5.56 Å². The average Bonchev–Trinajstić information content (AvgIpc) is 2.19. The highest BCUT2D eigenvalue weighted by Gasteiger charge is 2.18. The first-order valence-corrected chi connectivity index (χ1v) is 4.47. The molecule has 0 heterocycles. The predicted molar refractivity (Wildman–Crippen MR) is 54.7 cm³/mol. The van der Waals surface area contributed by atoms with E-state index in [1.807, 2.05) is 0 Å². The van der Waals surface area contributed by atoms with E-state index in [2.05, 4.69) is 0 Å². The van der Waals surface area contributed by atoms with Gasteiger partial charge in [-0.25, -0.2) is 4.79 Å². The van der Waals surface area contributed by atoms with E-state index in [4.69, 9.17) is 21.4 Å². The molecule has 0 spiro atoms. The minimum absolute atomic E-state index is 0.0771. The van der Waals surface area contributed by atoms with Gasteiger partial charge in [-0.05, 0) is 24.6 Å². The standard InChI is InChI=1S/C10H9ClO4/c1-5-3-8(15-2)7(11)4-6(5)9(12)10(13)14/h3-4H,1-2H3,(H,13,14). The highest BCUT2D eigenvalue weighted by molar-refractivity contribution is 6.41. The molecule has 4 nitrogen and oxygen atoms in total. The number of rotatable bonds is 3. The number of carbonyl (C=O) groups excluding carboxylic acids is 1. The number of methoxy groups -OCH3 is 1. The van der Waals surface area contributed by atoms with Crippen LogP contribution in [0, 0.1) is 6.92 Å². The molecule has 1 aromatic carbocycles. The molecule has 0 aliphatic rings. The van der Waals surface area contributed by atoms with Gasteiger partial charge in [0.2, 0.25) is 0 Å². The van der Waals surface area contributed by atoms with E-state index < -0.39 is 11.8 Å². The van der Waals surface area contributed by atoms with Crippen LogP contribution in [0.4, 0.5) is 0 Å². The van der Waals surface area contributed by atoms with E-state index in [0.717, 1.165) is 0 Å². The van der Waals surface area contributed by atoms with Crippen molar-refractivity contribution >= 4 is 23.4 Å². The Hall–Kier alpha value is -1.55. The van der Waals surface area contributed by atoms with Gasteiger partial charge in [0.05, 0.1) is 12.1 Å². The predicted octanol–water partition coefficient (Wildman–Crippen LogP) is 1.92. The van der Waals surface area contributed by atoms with Crippen LogP contribution >= 0.6 is 11.6 Å². The molecule has 1 aromatic rings. The topological polar surface area (TPSA) is 63.6 Å². The Morgan fingerprint density at radius 2 is 2.00 bits per heavy atom. The van der Waals surface area contributed by atoms with Gasteiger partial charge < -0.3 is 9.84 Å². The molecule has 0 amide bonds. The molecular formula is C10H9ClO4. The fourth-order valence-electron chi connectivity index (χ4n) is 1.17. The second kappa shape index (κ2) is 4.31. The van der Waals surface area contributed by atoms with Crippen molar-refractivity contribution in [3.8, 4) is 5.75 Å². The minimum atomic E-state index is -1.50. The summed E-state index contributed by atoms with van der Waals surface area (Å²) in [5, 5.41) is 8.77. The summed E-state index contributed by atoms with van der Waals surface area (Å²) in [5.41, 5.74) is 0.594. The third kappa shape index (κ3) is 2.27. The van der Waals surface area contributed by atoms with Gasteiger partial charge in [-0.1, -0.05) is 11.6 Å². The highest BCUT2D eigenvalue weighted by Crippen LogP contribution is 2.27. The van der Waals surface area contributed by atoms with Crippen LogP contribution in [0.25, 0.3) is 0 Å². The molecule has 0 atom stereocenters. The van der Waals surface area contributed by atoms with Crippen molar-refractivity contribution < 1.29 is 19.4 Å². The lowest BCUT2D eigenvalue weighted by Gasteiger charge is -2.07. The van der Waals surface area contributed by atoms with Crippen LogP contribution in [0.1, 0.15) is 15.9 Å². The van der Waals surface area contributed by atoms with Gasteiger partial charge in [0.1, 0.15) is 5.75 Å². The van der Waals surface area contributed by atoms with E-state index in [-0.39, 0.29) is 10.6 Å². The van der Waals surface area contributed by atoms with E-state index >= 15 is 0 Å². The lowest BCUT2D eigenvalue weighted by molar-refractivity contribution is -0.131. The first kappa shape index (κ1) is 11.5. The lowest BCUT2D eigenvalue weighted by Crippen LogP contribution is -2.14. The largest absolute Gasteiger partial charge is 0.495 e. The molecule has 0 radical (unpaired) electrons. The molecule has 5 heteroatoms. The van der Waals surface area contributed by atoms with Crippen molar-refractivity contribution in [1.82, 2.24) is 0 Å². The van der Waals surface area contributed by atoms with Crippen LogP contribution in [0.2, 0.25) is 5.02 Å². The maximum atomic E-state index is 11.2. The van der Waals surface area contributed by atoms with Crippen molar-refractivity contribution in [2.45, 2.75) is 6.92 Å². The molecule has 0 saturated carbocycles. The number of carbonyl (C=O) groups is 2. The Kier molecular flexibility index (Phi) is 3.31. The number of ketones is 1. The van der Waals surface area contributed by atoms with Crippen LogP contribution in [-0.4, -0.2) is 24.0 Å². The Morgan fingerprint density at radius 1 is 1.40 bits per heavy atom. The number of halogens is 1. The first-order chi connectivity index (χ1) is 6.97. The number of benzene rings is 1. The zero-order valence-corrected chi connectivity index (χ0v) is 8.96. The Labute approximate surface area is 91.4 Å². The normalized spacial score (nSPS) is 9.80. The molecular weight excluding hydrogens is 220 g/mol. The molecule has 0 aliphatic heterocycles. The summed E-state index contributed by atoms with van der Waals surface area (Å²) in [6.07, 6.45) is 0. The second-order valence-electron chi connectivity index (χ2n) is 2.94. The Morgan fingerprint density at radius 3 is 2.47 bits per heavy atom. The quantitative estimate of drug-likeness (QED) is 0.634. The number of Topliss-reactive ketones (excluding diaryl/α,β-unsaturated/α-hetero) is 1. The number of carboxylic acids is 1. The van der Waals surface area contributed by atoms with Crippen molar-refractivity contribution in [2.75, 3.05) is 7.11 Å². The van der Waals surface area contributed by atoms with Gasteiger partial charge >= 0.3 is 5.97 Å². The average molecular weight is 229 g/mol. The summed E-state index contributed by atoms with van der Waals surface area (Å²) >= 11 is 5.78. The van der Waals surface area contributed by atoms with Crippen LogP contribution in [0.5, 0.6) is 5.75 Å². The number of hydrogen-bond acceptors (Lipinski definition) is 3. The SMILES string of the molecule is COc1cc(C)c(C(=O)C(=O)O)cc1Cl. The zero-order valence-electron chi connectivity index (χ0n) is 8.20. The number of aryl methyl sites for hydroxylation is 1. The fraction of sp³-hybridized carbons (Fsp3) is 0.200. The van der Waals surface area contributed by atoms with Crippen LogP contribution in [-0.2, 0) is 4.79 Å². The highest BCUT2D eigenvalue weighted by atomic mass is 35.5. The summed E-state index contributed by atoms with van der Waals surface area (Å²) in [5.74, 6) is -2.06. The van der Waals surface area contributed by atoms with Gasteiger partial charge in [0.25, 0.3) is 5.78 Å². The summed E-state index contributed by atoms with van der Waals surface area (Å²) in [6, 6.07) is 2.82. The third-order valence-corrected chi connectivity index (χ3v) is 2.23. The monoisotopic (exact) mass is 228 g/mol. The van der Waals surface area contributed by atoms with E-state index in [1.54, 1.807) is 6.92 Å². The molecule has 80 valence electrons. The van der Waals surface area contributed by atoms with E-state index in [9.17, 15) is 9.59 Å². The summed E-state index contributed by atoms with van der Waals surface area (Å²) < 4.78 is 4.93. The summed E-state index contributed by atoms with van der Waals surface area (Å²) in [7, 11) is 1.44. The van der Waals surface area contributed by atoms with Crippen LogP contribution in [0.15, 0.2) is 12.1 Å². The van der Waals surface area contributed by atoms with Gasteiger partial charge in [-0.3, -0.25) is 4.79 Å². The molecule has 0 unspecified atom stereocenters. The number of aliphatic carboxylic acids is 1. The molecule has 0 aliphatic carbocycles. The van der Waals surface area contributed by atoms with Crippen molar-refractivity contribution in [3.05, 3.63) is 28.3 Å².